The van der Waals surface area contributed by atoms with Crippen LogP contribution in [-0.4, -0.2) is 9.78 Å². The molecule has 1 aromatic heterocycles. The fourth-order valence-electron chi connectivity index (χ4n) is 3.18. The summed E-state index contributed by atoms with van der Waals surface area (Å²) in [5.41, 5.74) is 5.53. The molecular formula is C23H17BrF2N2. The van der Waals surface area contributed by atoms with Gasteiger partial charge < -0.3 is 0 Å². The normalized spacial score (nSPS) is 11.0. The molecule has 4 aromatic rings. The fourth-order valence-corrected chi connectivity index (χ4v) is 3.92. The van der Waals surface area contributed by atoms with E-state index < -0.39 is 0 Å². The van der Waals surface area contributed by atoms with Crippen molar-refractivity contribution in [3.63, 3.8) is 0 Å². The standard InChI is InChI=1S/C23H17BrF2N2/c1-15-4-2-3-5-18(15)14-28-23(17-8-12-20(26)13-9-17)21(24)22(27-28)16-6-10-19(25)11-7-16/h2-13H,14H2,1H3. The number of hydrogen-bond donors (Lipinski definition) is 0. The zero-order chi connectivity index (χ0) is 19.7. The Morgan fingerprint density at radius 1 is 0.821 bits per heavy atom. The maximum absolute atomic E-state index is 13.4. The van der Waals surface area contributed by atoms with Gasteiger partial charge in [0.1, 0.15) is 17.3 Å². The van der Waals surface area contributed by atoms with Gasteiger partial charge in [-0.3, -0.25) is 4.68 Å². The van der Waals surface area contributed by atoms with Crippen molar-refractivity contribution < 1.29 is 8.78 Å². The summed E-state index contributed by atoms with van der Waals surface area (Å²) in [7, 11) is 0. The van der Waals surface area contributed by atoms with Crippen molar-refractivity contribution in [2.24, 2.45) is 0 Å². The molecule has 5 heteroatoms. The molecule has 0 saturated heterocycles. The predicted octanol–water partition coefficient (Wildman–Crippen LogP) is 6.61. The maximum atomic E-state index is 13.4. The van der Waals surface area contributed by atoms with Crippen LogP contribution in [0.3, 0.4) is 0 Å². The van der Waals surface area contributed by atoms with Crippen LogP contribution in [0, 0.1) is 18.6 Å². The molecule has 0 radical (unpaired) electrons. The van der Waals surface area contributed by atoms with Crippen LogP contribution < -0.4 is 0 Å². The summed E-state index contributed by atoms with van der Waals surface area (Å²) in [6.45, 7) is 2.63. The quantitative estimate of drug-likeness (QED) is 0.350. The Kier molecular flexibility index (Phi) is 5.09. The Labute approximate surface area is 170 Å². The van der Waals surface area contributed by atoms with Crippen LogP contribution in [0.5, 0.6) is 0 Å². The van der Waals surface area contributed by atoms with E-state index in [4.69, 9.17) is 5.10 Å². The predicted molar refractivity (Wildman–Crippen MR) is 111 cm³/mol. The minimum Gasteiger partial charge on any atom is -0.259 e. The molecule has 0 aliphatic rings. The second-order valence-corrected chi connectivity index (χ2v) is 7.40. The third-order valence-electron chi connectivity index (χ3n) is 4.71. The largest absolute Gasteiger partial charge is 0.259 e. The van der Waals surface area contributed by atoms with E-state index in [-0.39, 0.29) is 11.6 Å². The number of aromatic nitrogens is 2. The van der Waals surface area contributed by atoms with Gasteiger partial charge in [0.2, 0.25) is 0 Å². The summed E-state index contributed by atoms with van der Waals surface area (Å²) in [6, 6.07) is 20.7. The van der Waals surface area contributed by atoms with Crippen LogP contribution >= 0.6 is 15.9 Å². The first-order chi connectivity index (χ1) is 13.5. The van der Waals surface area contributed by atoms with E-state index in [0.29, 0.717) is 12.2 Å². The number of aryl methyl sites for hydroxylation is 1. The van der Waals surface area contributed by atoms with Gasteiger partial charge in [0.25, 0.3) is 0 Å². The highest BCUT2D eigenvalue weighted by Gasteiger charge is 2.19. The first-order valence-corrected chi connectivity index (χ1v) is 9.65. The molecule has 0 amide bonds. The number of hydrogen-bond acceptors (Lipinski definition) is 1. The highest BCUT2D eigenvalue weighted by Crippen LogP contribution is 2.37. The average Bonchev–Trinajstić information content (AvgIpc) is 3.01. The Bertz CT molecular complexity index is 1120. The molecule has 0 N–H and O–H groups in total. The van der Waals surface area contributed by atoms with Crippen LogP contribution in [0.15, 0.2) is 77.3 Å². The first-order valence-electron chi connectivity index (χ1n) is 8.85. The third kappa shape index (κ3) is 3.62. The number of rotatable bonds is 4. The van der Waals surface area contributed by atoms with E-state index in [1.165, 1.54) is 29.8 Å². The van der Waals surface area contributed by atoms with Crippen LogP contribution in [0.2, 0.25) is 0 Å². The molecule has 0 saturated carbocycles. The highest BCUT2D eigenvalue weighted by molar-refractivity contribution is 9.10. The molecule has 2 nitrogen and oxygen atoms in total. The average molecular weight is 439 g/mol. The summed E-state index contributed by atoms with van der Waals surface area (Å²) in [5, 5.41) is 4.80. The molecule has 3 aromatic carbocycles. The molecular weight excluding hydrogens is 422 g/mol. The van der Waals surface area contributed by atoms with Crippen LogP contribution in [0.25, 0.3) is 22.5 Å². The summed E-state index contributed by atoms with van der Waals surface area (Å²) in [4.78, 5) is 0. The molecule has 0 unspecified atom stereocenters. The number of nitrogens with zero attached hydrogens (tertiary/aromatic N) is 2. The zero-order valence-corrected chi connectivity index (χ0v) is 16.7. The molecule has 0 aliphatic heterocycles. The van der Waals surface area contributed by atoms with Gasteiger partial charge in [-0.15, -0.1) is 0 Å². The summed E-state index contributed by atoms with van der Waals surface area (Å²) < 4.78 is 29.5. The van der Waals surface area contributed by atoms with Crippen LogP contribution in [0.4, 0.5) is 8.78 Å². The van der Waals surface area contributed by atoms with E-state index in [1.54, 1.807) is 24.3 Å². The van der Waals surface area contributed by atoms with Crippen molar-refractivity contribution in [1.82, 2.24) is 9.78 Å². The molecule has 0 atom stereocenters. The lowest BCUT2D eigenvalue weighted by Crippen LogP contribution is -2.05. The summed E-state index contributed by atoms with van der Waals surface area (Å²) >= 11 is 3.67. The van der Waals surface area contributed by atoms with Gasteiger partial charge in [0.15, 0.2) is 0 Å². The van der Waals surface area contributed by atoms with Gasteiger partial charge in [-0.05, 0) is 82.5 Å². The number of halogens is 3. The van der Waals surface area contributed by atoms with Gasteiger partial charge in [-0.2, -0.15) is 5.10 Å². The Morgan fingerprint density at radius 2 is 1.39 bits per heavy atom. The van der Waals surface area contributed by atoms with E-state index in [0.717, 1.165) is 26.9 Å². The van der Waals surface area contributed by atoms with Crippen molar-refractivity contribution in [3.05, 3.63) is 100 Å². The van der Waals surface area contributed by atoms with Crippen molar-refractivity contribution in [3.8, 4) is 22.5 Å². The van der Waals surface area contributed by atoms with Crippen molar-refractivity contribution in [1.29, 1.82) is 0 Å². The lowest BCUT2D eigenvalue weighted by Gasteiger charge is -2.10. The molecule has 140 valence electrons. The van der Waals surface area contributed by atoms with Crippen molar-refractivity contribution in [2.75, 3.05) is 0 Å². The van der Waals surface area contributed by atoms with Crippen molar-refractivity contribution >= 4 is 15.9 Å². The van der Waals surface area contributed by atoms with Crippen molar-refractivity contribution in [2.45, 2.75) is 13.5 Å². The molecule has 0 spiro atoms. The van der Waals surface area contributed by atoms with Gasteiger partial charge in [0.05, 0.1) is 16.7 Å². The molecule has 28 heavy (non-hydrogen) atoms. The van der Waals surface area contributed by atoms with Gasteiger partial charge in [-0.25, -0.2) is 8.78 Å². The Morgan fingerprint density at radius 3 is 2.00 bits per heavy atom. The third-order valence-corrected chi connectivity index (χ3v) is 5.46. The lowest BCUT2D eigenvalue weighted by atomic mass is 10.1. The molecule has 1 heterocycles. The van der Waals surface area contributed by atoms with E-state index in [9.17, 15) is 8.78 Å². The van der Waals surface area contributed by atoms with E-state index >= 15 is 0 Å². The lowest BCUT2D eigenvalue weighted by molar-refractivity contribution is 0.627. The minimum atomic E-state index is -0.294. The fraction of sp³-hybridized carbons (Fsp3) is 0.0870. The maximum Gasteiger partial charge on any atom is 0.123 e. The zero-order valence-electron chi connectivity index (χ0n) is 15.2. The van der Waals surface area contributed by atoms with E-state index in [2.05, 4.69) is 35.0 Å². The molecule has 4 rings (SSSR count). The second kappa shape index (κ2) is 7.68. The molecule has 0 aliphatic carbocycles. The van der Waals surface area contributed by atoms with Crippen LogP contribution in [-0.2, 0) is 6.54 Å². The Balaban J connectivity index is 1.87. The Hall–Kier alpha value is -2.79. The first kappa shape index (κ1) is 18.6. The van der Waals surface area contributed by atoms with Gasteiger partial charge >= 0.3 is 0 Å². The second-order valence-electron chi connectivity index (χ2n) is 6.61. The number of benzene rings is 3. The van der Waals surface area contributed by atoms with E-state index in [1.807, 2.05) is 16.8 Å². The minimum absolute atomic E-state index is 0.288. The van der Waals surface area contributed by atoms with Gasteiger partial charge in [0, 0.05) is 11.1 Å². The van der Waals surface area contributed by atoms with Gasteiger partial charge in [-0.1, -0.05) is 24.3 Å². The smallest absolute Gasteiger partial charge is 0.123 e. The highest BCUT2D eigenvalue weighted by atomic mass is 79.9. The topological polar surface area (TPSA) is 17.8 Å². The SMILES string of the molecule is Cc1ccccc1Cn1nc(-c2ccc(F)cc2)c(Br)c1-c1ccc(F)cc1. The summed E-state index contributed by atoms with van der Waals surface area (Å²) in [5.74, 6) is -0.582. The summed E-state index contributed by atoms with van der Waals surface area (Å²) in [6.07, 6.45) is 0. The molecule has 0 bridgehead atoms. The molecule has 0 fully saturated rings. The monoisotopic (exact) mass is 438 g/mol. The van der Waals surface area contributed by atoms with Crippen LogP contribution in [0.1, 0.15) is 11.1 Å².